The lowest BCUT2D eigenvalue weighted by Crippen LogP contribution is -2.44. The first-order chi connectivity index (χ1) is 12.6. The highest BCUT2D eigenvalue weighted by Gasteiger charge is 2.36. The molecule has 2 saturated heterocycles. The van der Waals surface area contributed by atoms with Gasteiger partial charge < -0.3 is 10.6 Å². The van der Waals surface area contributed by atoms with E-state index >= 15 is 0 Å². The van der Waals surface area contributed by atoms with E-state index in [4.69, 9.17) is 0 Å². The molecule has 2 atom stereocenters. The number of hydrogen-bond donors (Lipinski definition) is 2. The minimum absolute atomic E-state index is 0.0191. The third kappa shape index (κ3) is 3.95. The maximum Gasteiger partial charge on any atom is 0.220 e. The van der Waals surface area contributed by atoms with Gasteiger partial charge in [-0.25, -0.2) is 4.39 Å². The largest absolute Gasteiger partial charge is 0.355 e. The van der Waals surface area contributed by atoms with Gasteiger partial charge in [-0.05, 0) is 62.1 Å². The van der Waals surface area contributed by atoms with Crippen molar-refractivity contribution >= 4 is 5.91 Å². The number of halogens is 1. The molecule has 4 heteroatoms. The molecule has 1 aromatic carbocycles. The summed E-state index contributed by atoms with van der Waals surface area (Å²) in [6.45, 7) is 0.690. The van der Waals surface area contributed by atoms with Gasteiger partial charge >= 0.3 is 0 Å². The van der Waals surface area contributed by atoms with Crippen molar-refractivity contribution in [2.75, 3.05) is 6.54 Å². The van der Waals surface area contributed by atoms with Crippen LogP contribution in [0.1, 0.15) is 69.8 Å². The van der Waals surface area contributed by atoms with Crippen LogP contribution in [0.15, 0.2) is 24.3 Å². The number of carbonyl (C=O) groups excluding carboxylic acids is 1. The average molecular weight is 359 g/mol. The molecule has 142 valence electrons. The van der Waals surface area contributed by atoms with Crippen LogP contribution in [0.3, 0.4) is 0 Å². The summed E-state index contributed by atoms with van der Waals surface area (Å²) in [5, 5.41) is 6.90. The van der Waals surface area contributed by atoms with Crippen LogP contribution in [-0.2, 0) is 10.2 Å². The number of fused-ring (bicyclic) bond motifs is 2. The highest BCUT2D eigenvalue weighted by molar-refractivity contribution is 5.76. The van der Waals surface area contributed by atoms with Gasteiger partial charge in [0.25, 0.3) is 0 Å². The van der Waals surface area contributed by atoms with E-state index in [2.05, 4.69) is 10.6 Å². The Kier molecular flexibility index (Phi) is 5.30. The molecule has 1 aliphatic carbocycles. The van der Waals surface area contributed by atoms with Crippen molar-refractivity contribution < 1.29 is 9.18 Å². The van der Waals surface area contributed by atoms with E-state index in [1.807, 2.05) is 12.1 Å². The number of piperidine rings is 1. The molecule has 2 bridgehead atoms. The topological polar surface area (TPSA) is 41.1 Å². The van der Waals surface area contributed by atoms with Crippen LogP contribution in [0.4, 0.5) is 4.39 Å². The molecule has 3 nitrogen and oxygen atoms in total. The molecule has 3 fully saturated rings. The van der Waals surface area contributed by atoms with Gasteiger partial charge in [-0.15, -0.1) is 0 Å². The smallest absolute Gasteiger partial charge is 0.220 e. The Morgan fingerprint density at radius 1 is 1.08 bits per heavy atom. The molecule has 2 aliphatic heterocycles. The van der Waals surface area contributed by atoms with Crippen molar-refractivity contribution in [3.8, 4) is 0 Å². The van der Waals surface area contributed by atoms with E-state index < -0.39 is 0 Å². The minimum Gasteiger partial charge on any atom is -0.355 e. The van der Waals surface area contributed by atoms with E-state index in [1.54, 1.807) is 12.1 Å². The molecule has 2 heterocycles. The molecule has 1 saturated carbocycles. The molecule has 1 aromatic rings. The van der Waals surface area contributed by atoms with Crippen LogP contribution in [-0.4, -0.2) is 24.5 Å². The molecule has 26 heavy (non-hydrogen) atoms. The third-order valence-electron chi connectivity index (χ3n) is 6.94. The van der Waals surface area contributed by atoms with E-state index in [0.29, 0.717) is 31.0 Å². The molecular formula is C22H31FN2O. The quantitative estimate of drug-likeness (QED) is 0.833. The zero-order chi connectivity index (χ0) is 18.0. The first kappa shape index (κ1) is 18.0. The van der Waals surface area contributed by atoms with Gasteiger partial charge in [-0.1, -0.05) is 31.4 Å². The highest BCUT2D eigenvalue weighted by atomic mass is 19.1. The van der Waals surface area contributed by atoms with Gasteiger partial charge in [0.2, 0.25) is 5.91 Å². The monoisotopic (exact) mass is 358 g/mol. The van der Waals surface area contributed by atoms with E-state index in [-0.39, 0.29) is 17.1 Å². The molecule has 2 N–H and O–H groups in total. The number of nitrogens with one attached hydrogen (secondary N) is 2. The Morgan fingerprint density at radius 3 is 2.38 bits per heavy atom. The van der Waals surface area contributed by atoms with Gasteiger partial charge in [0.05, 0.1) is 0 Å². The Morgan fingerprint density at radius 2 is 1.73 bits per heavy atom. The zero-order valence-corrected chi connectivity index (χ0v) is 15.6. The van der Waals surface area contributed by atoms with Crippen LogP contribution in [0.5, 0.6) is 0 Å². The van der Waals surface area contributed by atoms with Crippen LogP contribution >= 0.6 is 0 Å². The van der Waals surface area contributed by atoms with Crippen LogP contribution in [0.25, 0.3) is 0 Å². The Hall–Kier alpha value is -1.42. The molecule has 0 spiro atoms. The lowest BCUT2D eigenvalue weighted by atomic mass is 9.69. The summed E-state index contributed by atoms with van der Waals surface area (Å²) in [5.74, 6) is 0.537. The Labute approximate surface area is 156 Å². The predicted octanol–water partition coefficient (Wildman–Crippen LogP) is 4.06. The SMILES string of the molecule is O=C(CC1CC2CCC(C1)N2)NCC1(c2ccc(F)cc2)CCCCC1. The lowest BCUT2D eigenvalue weighted by molar-refractivity contribution is -0.122. The Bertz CT molecular complexity index is 612. The number of rotatable bonds is 5. The number of carbonyl (C=O) groups is 1. The standard InChI is InChI=1S/C22H31FN2O/c23-18-6-4-17(5-7-18)22(10-2-1-3-11-22)15-24-21(26)14-16-12-19-8-9-20(13-16)25-19/h4-7,16,19-20,25H,1-3,8-15H2,(H,24,26). The molecule has 4 rings (SSSR count). The van der Waals surface area contributed by atoms with Gasteiger partial charge in [-0.3, -0.25) is 4.79 Å². The number of amides is 1. The summed E-state index contributed by atoms with van der Waals surface area (Å²) in [6, 6.07) is 8.21. The van der Waals surface area contributed by atoms with Crippen molar-refractivity contribution in [1.82, 2.24) is 10.6 Å². The summed E-state index contributed by atoms with van der Waals surface area (Å²) in [6.07, 6.45) is 11.3. The first-order valence-corrected chi connectivity index (χ1v) is 10.4. The number of hydrogen-bond acceptors (Lipinski definition) is 2. The predicted molar refractivity (Wildman–Crippen MR) is 101 cm³/mol. The van der Waals surface area contributed by atoms with Gasteiger partial charge in [0.1, 0.15) is 5.82 Å². The first-order valence-electron chi connectivity index (χ1n) is 10.4. The summed E-state index contributed by atoms with van der Waals surface area (Å²) >= 11 is 0. The van der Waals surface area contributed by atoms with E-state index in [0.717, 1.165) is 25.7 Å². The second-order valence-electron chi connectivity index (χ2n) is 8.80. The van der Waals surface area contributed by atoms with Crippen molar-refractivity contribution in [2.24, 2.45) is 5.92 Å². The summed E-state index contributed by atoms with van der Waals surface area (Å²) in [7, 11) is 0. The molecule has 0 aromatic heterocycles. The van der Waals surface area contributed by atoms with Gasteiger partial charge in [0, 0.05) is 30.5 Å². The molecule has 0 radical (unpaired) electrons. The fourth-order valence-electron chi connectivity index (χ4n) is 5.54. The fraction of sp³-hybridized carbons (Fsp3) is 0.682. The molecule has 1 amide bonds. The fourth-order valence-corrected chi connectivity index (χ4v) is 5.54. The molecular weight excluding hydrogens is 327 g/mol. The third-order valence-corrected chi connectivity index (χ3v) is 6.94. The summed E-state index contributed by atoms with van der Waals surface area (Å²) in [5.41, 5.74) is 1.16. The molecule has 2 unspecified atom stereocenters. The van der Waals surface area contributed by atoms with Gasteiger partial charge in [-0.2, -0.15) is 0 Å². The lowest BCUT2D eigenvalue weighted by Gasteiger charge is -2.38. The minimum atomic E-state index is -0.190. The zero-order valence-electron chi connectivity index (χ0n) is 15.6. The van der Waals surface area contributed by atoms with Crippen molar-refractivity contribution in [3.05, 3.63) is 35.6 Å². The second kappa shape index (κ2) is 7.67. The highest BCUT2D eigenvalue weighted by Crippen LogP contribution is 2.39. The summed E-state index contributed by atoms with van der Waals surface area (Å²) in [4.78, 5) is 12.6. The van der Waals surface area contributed by atoms with Crippen molar-refractivity contribution in [1.29, 1.82) is 0 Å². The maximum atomic E-state index is 13.3. The maximum absolute atomic E-state index is 13.3. The van der Waals surface area contributed by atoms with Crippen molar-refractivity contribution in [3.63, 3.8) is 0 Å². The average Bonchev–Trinajstić information content (AvgIpc) is 3.00. The van der Waals surface area contributed by atoms with Crippen molar-refractivity contribution in [2.45, 2.75) is 81.7 Å². The Balaban J connectivity index is 1.37. The van der Waals surface area contributed by atoms with Crippen LogP contribution < -0.4 is 10.6 Å². The van der Waals surface area contributed by atoms with Crippen LogP contribution in [0.2, 0.25) is 0 Å². The van der Waals surface area contributed by atoms with E-state index in [9.17, 15) is 9.18 Å². The number of benzene rings is 1. The molecule has 3 aliphatic rings. The second-order valence-corrected chi connectivity index (χ2v) is 8.80. The van der Waals surface area contributed by atoms with Crippen LogP contribution in [0, 0.1) is 11.7 Å². The summed E-state index contributed by atoms with van der Waals surface area (Å²) < 4.78 is 13.3. The van der Waals surface area contributed by atoms with E-state index in [1.165, 1.54) is 37.7 Å². The normalized spacial score (nSPS) is 30.1. The van der Waals surface area contributed by atoms with Gasteiger partial charge in [0.15, 0.2) is 0 Å².